The molecular formula is C14H18N2O. The molecule has 2 atom stereocenters. The highest BCUT2D eigenvalue weighted by Crippen LogP contribution is 2.15. The Morgan fingerprint density at radius 2 is 2.00 bits per heavy atom. The maximum absolute atomic E-state index is 9.15. The van der Waals surface area contributed by atoms with Crippen molar-refractivity contribution in [2.45, 2.75) is 18.6 Å². The molecular weight excluding hydrogens is 212 g/mol. The van der Waals surface area contributed by atoms with E-state index in [1.54, 1.807) is 0 Å². The minimum absolute atomic E-state index is 0.0382. The first-order chi connectivity index (χ1) is 8.31. The molecule has 1 aliphatic rings. The third-order valence-electron chi connectivity index (χ3n) is 2.94. The third kappa shape index (κ3) is 2.96. The smallest absolute Gasteiger partial charge is 0.101 e. The molecule has 0 fully saturated rings. The van der Waals surface area contributed by atoms with E-state index < -0.39 is 0 Å². The van der Waals surface area contributed by atoms with Crippen LogP contribution in [0.25, 0.3) is 0 Å². The topological polar surface area (TPSA) is 49.5 Å². The van der Waals surface area contributed by atoms with Crippen molar-refractivity contribution in [3.63, 3.8) is 0 Å². The molecule has 0 aliphatic carbocycles. The van der Waals surface area contributed by atoms with E-state index in [1.807, 2.05) is 41.5 Å². The van der Waals surface area contributed by atoms with Crippen molar-refractivity contribution < 1.29 is 5.11 Å². The standard InChI is InChI=1S/C14H18N2O/c15-14(11-17)16-9-5-4-8-13(16)10-12-6-2-1-3-7-12/h1-9,13-14,17H,10-11,15H2. The van der Waals surface area contributed by atoms with Gasteiger partial charge < -0.3 is 15.7 Å². The molecule has 1 aliphatic heterocycles. The third-order valence-corrected chi connectivity index (χ3v) is 2.94. The molecule has 0 amide bonds. The van der Waals surface area contributed by atoms with Crippen molar-refractivity contribution in [2.24, 2.45) is 5.73 Å². The number of hydrogen-bond acceptors (Lipinski definition) is 3. The molecule has 1 heterocycles. The van der Waals surface area contributed by atoms with Crippen molar-refractivity contribution in [3.8, 4) is 0 Å². The normalized spacial score (nSPS) is 20.6. The summed E-state index contributed by atoms with van der Waals surface area (Å²) in [5, 5.41) is 9.15. The zero-order valence-electron chi connectivity index (χ0n) is 9.74. The lowest BCUT2D eigenvalue weighted by Gasteiger charge is -2.34. The number of nitrogens with zero attached hydrogens (tertiary/aromatic N) is 1. The Labute approximate surface area is 102 Å². The van der Waals surface area contributed by atoms with Crippen molar-refractivity contribution in [1.29, 1.82) is 0 Å². The first kappa shape index (κ1) is 11.9. The Bertz CT molecular complexity index is 400. The van der Waals surface area contributed by atoms with Gasteiger partial charge >= 0.3 is 0 Å². The quantitative estimate of drug-likeness (QED) is 0.818. The molecule has 2 rings (SSSR count). The average Bonchev–Trinajstić information content (AvgIpc) is 2.40. The van der Waals surface area contributed by atoms with Gasteiger partial charge in [-0.3, -0.25) is 0 Å². The molecule has 17 heavy (non-hydrogen) atoms. The highest BCUT2D eigenvalue weighted by atomic mass is 16.3. The van der Waals surface area contributed by atoms with Gasteiger partial charge in [-0.1, -0.05) is 42.5 Å². The van der Waals surface area contributed by atoms with E-state index in [0.717, 1.165) is 6.42 Å². The number of nitrogens with two attached hydrogens (primary N) is 1. The summed E-state index contributed by atoms with van der Waals surface area (Å²) in [5.74, 6) is 0. The maximum atomic E-state index is 9.15. The minimum atomic E-state index is -0.343. The minimum Gasteiger partial charge on any atom is -0.393 e. The predicted molar refractivity (Wildman–Crippen MR) is 69.1 cm³/mol. The summed E-state index contributed by atoms with van der Waals surface area (Å²) in [6, 6.07) is 10.5. The van der Waals surface area contributed by atoms with E-state index in [4.69, 9.17) is 10.8 Å². The SMILES string of the molecule is NC(CO)N1C=CC=CC1Cc1ccccc1. The van der Waals surface area contributed by atoms with Crippen LogP contribution in [0.15, 0.2) is 54.8 Å². The fourth-order valence-corrected chi connectivity index (χ4v) is 2.03. The molecule has 0 saturated carbocycles. The van der Waals surface area contributed by atoms with Gasteiger partial charge in [-0.2, -0.15) is 0 Å². The second kappa shape index (κ2) is 5.66. The van der Waals surface area contributed by atoms with Crippen LogP contribution in [0.2, 0.25) is 0 Å². The Morgan fingerprint density at radius 3 is 2.71 bits per heavy atom. The van der Waals surface area contributed by atoms with Crippen molar-refractivity contribution in [1.82, 2.24) is 4.90 Å². The first-order valence-electron chi connectivity index (χ1n) is 5.84. The molecule has 0 saturated heterocycles. The van der Waals surface area contributed by atoms with Crippen molar-refractivity contribution in [3.05, 3.63) is 60.3 Å². The zero-order valence-corrected chi connectivity index (χ0v) is 9.74. The Morgan fingerprint density at radius 1 is 1.24 bits per heavy atom. The van der Waals surface area contributed by atoms with Gasteiger partial charge in [0.15, 0.2) is 0 Å². The fraction of sp³-hybridized carbons (Fsp3) is 0.286. The van der Waals surface area contributed by atoms with Gasteiger partial charge in [-0.25, -0.2) is 0 Å². The molecule has 1 aromatic carbocycles. The summed E-state index contributed by atoms with van der Waals surface area (Å²) in [4.78, 5) is 1.99. The summed E-state index contributed by atoms with van der Waals surface area (Å²) >= 11 is 0. The molecule has 3 N–H and O–H groups in total. The lowest BCUT2D eigenvalue weighted by atomic mass is 10.0. The zero-order chi connectivity index (χ0) is 12.1. The van der Waals surface area contributed by atoms with E-state index in [1.165, 1.54) is 5.56 Å². The van der Waals surface area contributed by atoms with Crippen LogP contribution in [-0.4, -0.2) is 28.8 Å². The average molecular weight is 230 g/mol. The van der Waals surface area contributed by atoms with Gasteiger partial charge in [0.25, 0.3) is 0 Å². The van der Waals surface area contributed by atoms with Crippen LogP contribution in [0.3, 0.4) is 0 Å². The van der Waals surface area contributed by atoms with Crippen LogP contribution in [0.5, 0.6) is 0 Å². The van der Waals surface area contributed by atoms with E-state index in [0.29, 0.717) is 0 Å². The Hall–Kier alpha value is -1.58. The van der Waals surface area contributed by atoms with Crippen LogP contribution >= 0.6 is 0 Å². The predicted octanol–water partition coefficient (Wildman–Crippen LogP) is 1.26. The van der Waals surface area contributed by atoms with E-state index in [9.17, 15) is 0 Å². The first-order valence-corrected chi connectivity index (χ1v) is 5.84. The van der Waals surface area contributed by atoms with Gasteiger partial charge in [0, 0.05) is 6.20 Å². The Balaban J connectivity index is 2.08. The van der Waals surface area contributed by atoms with Gasteiger partial charge in [0.1, 0.15) is 6.17 Å². The fourth-order valence-electron chi connectivity index (χ4n) is 2.03. The monoisotopic (exact) mass is 230 g/mol. The molecule has 0 spiro atoms. The molecule has 0 bridgehead atoms. The molecule has 2 unspecified atom stereocenters. The molecule has 0 radical (unpaired) electrons. The number of hydrogen-bond donors (Lipinski definition) is 2. The van der Waals surface area contributed by atoms with Gasteiger partial charge in [0.2, 0.25) is 0 Å². The lowest BCUT2D eigenvalue weighted by molar-refractivity contribution is 0.146. The highest BCUT2D eigenvalue weighted by Gasteiger charge is 2.19. The van der Waals surface area contributed by atoms with E-state index in [-0.39, 0.29) is 18.8 Å². The summed E-state index contributed by atoms with van der Waals surface area (Å²) in [5.41, 5.74) is 7.15. The number of allylic oxidation sites excluding steroid dienone is 2. The largest absolute Gasteiger partial charge is 0.393 e. The molecule has 90 valence electrons. The van der Waals surface area contributed by atoms with E-state index in [2.05, 4.69) is 18.2 Å². The number of benzene rings is 1. The molecule has 3 heteroatoms. The van der Waals surface area contributed by atoms with Crippen molar-refractivity contribution in [2.75, 3.05) is 6.61 Å². The number of aliphatic hydroxyl groups excluding tert-OH is 1. The van der Waals surface area contributed by atoms with Crippen LogP contribution in [0.4, 0.5) is 0 Å². The second-order valence-corrected chi connectivity index (χ2v) is 4.18. The van der Waals surface area contributed by atoms with Crippen LogP contribution in [0.1, 0.15) is 5.56 Å². The summed E-state index contributed by atoms with van der Waals surface area (Å²) < 4.78 is 0. The lowest BCUT2D eigenvalue weighted by Crippen LogP contribution is -2.47. The maximum Gasteiger partial charge on any atom is 0.101 e. The Kier molecular flexibility index (Phi) is 3.96. The molecule has 3 nitrogen and oxygen atoms in total. The second-order valence-electron chi connectivity index (χ2n) is 4.18. The summed E-state index contributed by atoms with van der Waals surface area (Å²) in [6.45, 7) is -0.0382. The summed E-state index contributed by atoms with van der Waals surface area (Å²) in [7, 11) is 0. The number of rotatable bonds is 4. The van der Waals surface area contributed by atoms with Gasteiger partial charge in [-0.05, 0) is 18.1 Å². The van der Waals surface area contributed by atoms with Gasteiger partial charge in [0.05, 0.1) is 12.6 Å². The van der Waals surface area contributed by atoms with E-state index >= 15 is 0 Å². The number of aliphatic hydroxyl groups is 1. The molecule has 1 aromatic rings. The highest BCUT2D eigenvalue weighted by molar-refractivity contribution is 5.21. The molecule has 0 aromatic heterocycles. The van der Waals surface area contributed by atoms with Crippen LogP contribution < -0.4 is 5.73 Å². The van der Waals surface area contributed by atoms with Gasteiger partial charge in [-0.15, -0.1) is 0 Å². The summed E-state index contributed by atoms with van der Waals surface area (Å²) in [6.07, 6.45) is 8.57. The van der Waals surface area contributed by atoms with Crippen LogP contribution in [0, 0.1) is 0 Å². The van der Waals surface area contributed by atoms with Crippen molar-refractivity contribution >= 4 is 0 Å². The van der Waals surface area contributed by atoms with Crippen LogP contribution in [-0.2, 0) is 6.42 Å².